The number of nitrogens with one attached hydrogen (secondary N) is 1. The number of hydrogen-bond acceptors (Lipinski definition) is 3. The number of carbonyl (C=O) groups is 1. The Balaban J connectivity index is 1.92. The fourth-order valence-corrected chi connectivity index (χ4v) is 4.04. The molecule has 0 radical (unpaired) electrons. The van der Waals surface area contributed by atoms with Crippen LogP contribution in [0, 0.1) is 20.8 Å². The van der Waals surface area contributed by atoms with Crippen LogP contribution in [0.25, 0.3) is 0 Å². The molecule has 0 aromatic heterocycles. The number of amides is 1. The maximum atomic E-state index is 12.0. The molecule has 110 valence electrons. The lowest BCUT2D eigenvalue weighted by Crippen LogP contribution is -2.47. The Labute approximate surface area is 125 Å². The van der Waals surface area contributed by atoms with Gasteiger partial charge in [-0.2, -0.15) is 11.8 Å². The summed E-state index contributed by atoms with van der Waals surface area (Å²) in [6.07, 6.45) is 1.37. The molecule has 0 spiro atoms. The molecule has 1 atom stereocenters. The highest BCUT2D eigenvalue weighted by molar-refractivity contribution is 7.99. The molecule has 1 heterocycles. The molecular formula is C16H23NO2S. The molecule has 3 nitrogen and oxygen atoms in total. The average Bonchev–Trinajstić information content (AvgIpc) is 2.80. The van der Waals surface area contributed by atoms with Gasteiger partial charge in [-0.3, -0.25) is 4.79 Å². The summed E-state index contributed by atoms with van der Waals surface area (Å²) in [6, 6.07) is 4.34. The highest BCUT2D eigenvalue weighted by atomic mass is 32.2. The number of hydrogen-bond donors (Lipinski definition) is 2. The molecular weight excluding hydrogens is 270 g/mol. The number of aliphatic hydroxyl groups is 1. The lowest BCUT2D eigenvalue weighted by Gasteiger charge is -2.20. The Morgan fingerprint density at radius 3 is 2.55 bits per heavy atom. The van der Waals surface area contributed by atoms with E-state index in [4.69, 9.17) is 0 Å². The number of rotatable bonds is 4. The van der Waals surface area contributed by atoms with Gasteiger partial charge in [0.2, 0.25) is 0 Å². The van der Waals surface area contributed by atoms with Crippen molar-refractivity contribution in [2.75, 3.05) is 18.1 Å². The Kier molecular flexibility index (Phi) is 4.76. The van der Waals surface area contributed by atoms with Crippen molar-refractivity contribution in [1.82, 2.24) is 5.32 Å². The van der Waals surface area contributed by atoms with Crippen LogP contribution in [-0.4, -0.2) is 34.7 Å². The summed E-state index contributed by atoms with van der Waals surface area (Å²) in [5.41, 5.74) is 3.95. The van der Waals surface area contributed by atoms with Crippen molar-refractivity contribution >= 4 is 17.7 Å². The molecule has 1 aliphatic rings. The second kappa shape index (κ2) is 6.19. The molecule has 2 N–H and O–H groups in total. The molecule has 4 heteroatoms. The molecule has 1 unspecified atom stereocenters. The SMILES string of the molecule is Cc1cc(C)c(CCNC(=O)C2(O)CCSC2)c(C)c1. The van der Waals surface area contributed by atoms with Gasteiger partial charge in [-0.25, -0.2) is 0 Å². The van der Waals surface area contributed by atoms with Gasteiger partial charge in [-0.15, -0.1) is 0 Å². The van der Waals surface area contributed by atoms with Gasteiger partial charge in [0.05, 0.1) is 0 Å². The zero-order valence-corrected chi connectivity index (χ0v) is 13.3. The van der Waals surface area contributed by atoms with E-state index in [0.717, 1.165) is 12.2 Å². The summed E-state index contributed by atoms with van der Waals surface area (Å²) in [4.78, 5) is 12.0. The van der Waals surface area contributed by atoms with E-state index in [9.17, 15) is 9.90 Å². The summed E-state index contributed by atoms with van der Waals surface area (Å²) in [6.45, 7) is 6.89. The van der Waals surface area contributed by atoms with Crippen LogP contribution in [0.5, 0.6) is 0 Å². The first-order valence-electron chi connectivity index (χ1n) is 7.07. The molecule has 0 saturated carbocycles. The van der Waals surface area contributed by atoms with Crippen LogP contribution in [-0.2, 0) is 11.2 Å². The Bertz CT molecular complexity index is 484. The largest absolute Gasteiger partial charge is 0.379 e. The molecule has 1 aromatic carbocycles. The maximum absolute atomic E-state index is 12.0. The van der Waals surface area contributed by atoms with E-state index in [-0.39, 0.29) is 5.91 Å². The zero-order valence-electron chi connectivity index (χ0n) is 12.5. The zero-order chi connectivity index (χ0) is 14.8. The normalized spacial score (nSPS) is 22.0. The first-order chi connectivity index (χ1) is 9.42. The van der Waals surface area contributed by atoms with Crippen LogP contribution < -0.4 is 5.32 Å². The number of carbonyl (C=O) groups excluding carboxylic acids is 1. The second-order valence-electron chi connectivity index (χ2n) is 5.72. The van der Waals surface area contributed by atoms with Crippen molar-refractivity contribution in [2.45, 2.75) is 39.2 Å². The minimum absolute atomic E-state index is 0.218. The van der Waals surface area contributed by atoms with E-state index < -0.39 is 5.60 Å². The van der Waals surface area contributed by atoms with Gasteiger partial charge >= 0.3 is 0 Å². The topological polar surface area (TPSA) is 49.3 Å². The van der Waals surface area contributed by atoms with E-state index >= 15 is 0 Å². The predicted molar refractivity (Wildman–Crippen MR) is 84.3 cm³/mol. The van der Waals surface area contributed by atoms with Crippen LogP contribution >= 0.6 is 11.8 Å². The van der Waals surface area contributed by atoms with E-state index in [1.54, 1.807) is 11.8 Å². The van der Waals surface area contributed by atoms with Gasteiger partial charge in [-0.05, 0) is 56.1 Å². The Hall–Kier alpha value is -1.00. The van der Waals surface area contributed by atoms with Gasteiger partial charge in [-0.1, -0.05) is 17.7 Å². The highest BCUT2D eigenvalue weighted by Gasteiger charge is 2.39. The summed E-state index contributed by atoms with van der Waals surface area (Å²) in [5.74, 6) is 1.16. The van der Waals surface area contributed by atoms with Crippen molar-refractivity contribution in [2.24, 2.45) is 0 Å². The fourth-order valence-electron chi connectivity index (χ4n) is 2.80. The minimum Gasteiger partial charge on any atom is -0.379 e. The van der Waals surface area contributed by atoms with Crippen molar-refractivity contribution in [1.29, 1.82) is 0 Å². The van der Waals surface area contributed by atoms with E-state index in [1.807, 2.05) is 0 Å². The number of aryl methyl sites for hydroxylation is 3. The minimum atomic E-state index is -1.15. The van der Waals surface area contributed by atoms with Gasteiger partial charge < -0.3 is 10.4 Å². The molecule has 20 heavy (non-hydrogen) atoms. The van der Waals surface area contributed by atoms with Gasteiger partial charge in [0, 0.05) is 12.3 Å². The van der Waals surface area contributed by atoms with Crippen LogP contribution in [0.15, 0.2) is 12.1 Å². The summed E-state index contributed by atoms with van der Waals surface area (Å²) in [5, 5.41) is 13.1. The van der Waals surface area contributed by atoms with E-state index in [2.05, 4.69) is 38.2 Å². The average molecular weight is 293 g/mol. The Morgan fingerprint density at radius 2 is 2.00 bits per heavy atom. The summed E-state index contributed by atoms with van der Waals surface area (Å²) < 4.78 is 0. The standard InChI is InChI=1S/C16H23NO2S/c1-11-8-12(2)14(13(3)9-11)4-6-17-15(18)16(19)5-7-20-10-16/h8-9,19H,4-7,10H2,1-3H3,(H,17,18). The van der Waals surface area contributed by atoms with Crippen molar-refractivity contribution < 1.29 is 9.90 Å². The lowest BCUT2D eigenvalue weighted by molar-refractivity contribution is -0.137. The third kappa shape index (κ3) is 3.36. The lowest BCUT2D eigenvalue weighted by atomic mass is 9.97. The predicted octanol–water partition coefficient (Wildman–Crippen LogP) is 2.14. The molecule has 1 aliphatic heterocycles. The smallest absolute Gasteiger partial charge is 0.252 e. The highest BCUT2D eigenvalue weighted by Crippen LogP contribution is 2.27. The molecule has 0 bridgehead atoms. The van der Waals surface area contributed by atoms with E-state index in [1.165, 1.54) is 22.3 Å². The first-order valence-corrected chi connectivity index (χ1v) is 8.23. The summed E-state index contributed by atoms with van der Waals surface area (Å²) >= 11 is 1.63. The van der Waals surface area contributed by atoms with Crippen LogP contribution in [0.3, 0.4) is 0 Å². The molecule has 1 aromatic rings. The third-order valence-electron chi connectivity index (χ3n) is 3.92. The maximum Gasteiger partial charge on any atom is 0.252 e. The van der Waals surface area contributed by atoms with Crippen LogP contribution in [0.2, 0.25) is 0 Å². The fraction of sp³-hybridized carbons (Fsp3) is 0.562. The van der Waals surface area contributed by atoms with Gasteiger partial charge in [0.15, 0.2) is 5.60 Å². The molecule has 1 fully saturated rings. The van der Waals surface area contributed by atoms with Crippen LogP contribution in [0.4, 0.5) is 0 Å². The quantitative estimate of drug-likeness (QED) is 0.894. The summed E-state index contributed by atoms with van der Waals surface area (Å²) in [7, 11) is 0. The Morgan fingerprint density at radius 1 is 1.35 bits per heavy atom. The third-order valence-corrected chi connectivity index (χ3v) is 5.10. The van der Waals surface area contributed by atoms with Crippen molar-refractivity contribution in [3.63, 3.8) is 0 Å². The molecule has 1 saturated heterocycles. The van der Waals surface area contributed by atoms with Gasteiger partial charge in [0.25, 0.3) is 5.91 Å². The molecule has 2 rings (SSSR count). The molecule has 0 aliphatic carbocycles. The van der Waals surface area contributed by atoms with Gasteiger partial charge in [0.1, 0.15) is 0 Å². The van der Waals surface area contributed by atoms with Crippen LogP contribution in [0.1, 0.15) is 28.7 Å². The number of benzene rings is 1. The monoisotopic (exact) mass is 293 g/mol. The van der Waals surface area contributed by atoms with Crippen molar-refractivity contribution in [3.8, 4) is 0 Å². The van der Waals surface area contributed by atoms with Crippen molar-refractivity contribution in [3.05, 3.63) is 34.4 Å². The molecule has 1 amide bonds. The second-order valence-corrected chi connectivity index (χ2v) is 6.82. The first kappa shape index (κ1) is 15.4. The number of thioether (sulfide) groups is 1. The van der Waals surface area contributed by atoms with E-state index in [0.29, 0.717) is 18.7 Å².